The maximum absolute atomic E-state index is 11.8. The van der Waals surface area contributed by atoms with Gasteiger partial charge in [0.25, 0.3) is 0 Å². The Labute approximate surface area is 135 Å². The lowest BCUT2D eigenvalue weighted by atomic mass is 10.0. The maximum atomic E-state index is 11.8. The molecule has 2 aromatic rings. The zero-order chi connectivity index (χ0) is 15.6. The maximum Gasteiger partial charge on any atom is 0.220 e. The summed E-state index contributed by atoms with van der Waals surface area (Å²) in [5, 5.41) is 3.00. The van der Waals surface area contributed by atoms with E-state index >= 15 is 0 Å². The molecule has 0 bridgehead atoms. The standard InChI is InChI=1S/C18H19N3O2/c22-17(6-12-4-5-12)21-10-15-7-13-2-1-3-16(18(13)23-15)14-8-19-11-20-9-14/h1-3,8-9,11-12,15H,4-7,10H2,(H,21,22). The molecule has 5 nitrogen and oxygen atoms in total. The van der Waals surface area contributed by atoms with Crippen molar-refractivity contribution < 1.29 is 9.53 Å². The van der Waals surface area contributed by atoms with Crippen LogP contribution in [0, 0.1) is 5.92 Å². The van der Waals surface area contributed by atoms with Crippen LogP contribution in [0.5, 0.6) is 5.75 Å². The molecule has 23 heavy (non-hydrogen) atoms. The largest absolute Gasteiger partial charge is 0.487 e. The molecule has 1 atom stereocenters. The Morgan fingerprint density at radius 3 is 2.87 bits per heavy atom. The summed E-state index contributed by atoms with van der Waals surface area (Å²) in [5.41, 5.74) is 3.13. The average molecular weight is 309 g/mol. The molecule has 1 amide bonds. The van der Waals surface area contributed by atoms with Crippen molar-refractivity contribution in [2.45, 2.75) is 31.8 Å². The van der Waals surface area contributed by atoms with Gasteiger partial charge in [-0.3, -0.25) is 4.79 Å². The minimum absolute atomic E-state index is 0.000987. The van der Waals surface area contributed by atoms with Crippen LogP contribution in [0.4, 0.5) is 0 Å². The Hall–Kier alpha value is -2.43. The van der Waals surface area contributed by atoms with Gasteiger partial charge in [0.2, 0.25) is 5.91 Å². The highest BCUT2D eigenvalue weighted by Crippen LogP contribution is 2.38. The number of nitrogens with one attached hydrogen (secondary N) is 1. The van der Waals surface area contributed by atoms with Gasteiger partial charge in [0.1, 0.15) is 18.2 Å². The van der Waals surface area contributed by atoms with Crippen molar-refractivity contribution >= 4 is 5.91 Å². The highest BCUT2D eigenvalue weighted by atomic mass is 16.5. The van der Waals surface area contributed by atoms with Crippen molar-refractivity contribution in [1.29, 1.82) is 0 Å². The first kappa shape index (κ1) is 14.2. The third-order valence-electron chi connectivity index (χ3n) is 4.40. The number of aromatic nitrogens is 2. The molecule has 118 valence electrons. The number of amides is 1. The minimum Gasteiger partial charge on any atom is -0.487 e. The van der Waals surface area contributed by atoms with Gasteiger partial charge in [-0.25, -0.2) is 9.97 Å². The summed E-state index contributed by atoms with van der Waals surface area (Å²) in [6, 6.07) is 6.12. The number of fused-ring (bicyclic) bond motifs is 1. The summed E-state index contributed by atoms with van der Waals surface area (Å²) in [5.74, 6) is 1.65. The van der Waals surface area contributed by atoms with Crippen molar-refractivity contribution in [3.05, 3.63) is 42.5 Å². The van der Waals surface area contributed by atoms with E-state index in [1.54, 1.807) is 12.4 Å². The smallest absolute Gasteiger partial charge is 0.220 e. The van der Waals surface area contributed by atoms with Gasteiger partial charge in [-0.15, -0.1) is 0 Å². The van der Waals surface area contributed by atoms with Gasteiger partial charge in [0, 0.05) is 36.4 Å². The fourth-order valence-electron chi connectivity index (χ4n) is 3.00. The van der Waals surface area contributed by atoms with E-state index in [0.717, 1.165) is 23.3 Å². The Bertz CT molecular complexity index is 713. The number of carbonyl (C=O) groups excluding carboxylic acids is 1. The molecule has 2 aliphatic rings. The second-order valence-corrected chi connectivity index (χ2v) is 6.32. The first-order chi connectivity index (χ1) is 11.3. The first-order valence-corrected chi connectivity index (χ1v) is 8.10. The van der Waals surface area contributed by atoms with Gasteiger partial charge in [0.05, 0.1) is 6.54 Å². The Morgan fingerprint density at radius 1 is 1.26 bits per heavy atom. The Morgan fingerprint density at radius 2 is 2.09 bits per heavy atom. The van der Waals surface area contributed by atoms with Crippen LogP contribution in [-0.2, 0) is 11.2 Å². The highest BCUT2D eigenvalue weighted by Gasteiger charge is 2.28. The molecule has 0 spiro atoms. The number of carbonyl (C=O) groups is 1. The first-order valence-electron chi connectivity index (χ1n) is 8.10. The SMILES string of the molecule is O=C(CC1CC1)NCC1Cc2cccc(-c3cncnc3)c2O1. The normalized spacial score (nSPS) is 19.0. The summed E-state index contributed by atoms with van der Waals surface area (Å²) < 4.78 is 6.09. The third kappa shape index (κ3) is 3.18. The lowest BCUT2D eigenvalue weighted by Gasteiger charge is -2.13. The molecule has 1 unspecified atom stereocenters. The molecule has 4 rings (SSSR count). The predicted octanol–water partition coefficient (Wildman–Crippen LogP) is 2.36. The fraction of sp³-hybridized carbons (Fsp3) is 0.389. The van der Waals surface area contributed by atoms with E-state index < -0.39 is 0 Å². The number of para-hydroxylation sites is 1. The van der Waals surface area contributed by atoms with E-state index in [2.05, 4.69) is 21.4 Å². The molecular weight excluding hydrogens is 290 g/mol. The average Bonchev–Trinajstić information content (AvgIpc) is 3.28. The Kier molecular flexibility index (Phi) is 3.69. The van der Waals surface area contributed by atoms with Crippen molar-refractivity contribution in [3.8, 4) is 16.9 Å². The van der Waals surface area contributed by atoms with Gasteiger partial charge < -0.3 is 10.1 Å². The monoisotopic (exact) mass is 309 g/mol. The number of nitrogens with zero attached hydrogens (tertiary/aromatic N) is 2. The zero-order valence-corrected chi connectivity index (χ0v) is 12.9. The topological polar surface area (TPSA) is 64.1 Å². The van der Waals surface area contributed by atoms with E-state index in [-0.39, 0.29) is 12.0 Å². The Balaban J connectivity index is 1.44. The summed E-state index contributed by atoms with van der Waals surface area (Å²) in [6.07, 6.45) is 8.97. The van der Waals surface area contributed by atoms with Gasteiger partial charge in [-0.2, -0.15) is 0 Å². The zero-order valence-electron chi connectivity index (χ0n) is 12.9. The molecule has 0 radical (unpaired) electrons. The quantitative estimate of drug-likeness (QED) is 0.921. The second-order valence-electron chi connectivity index (χ2n) is 6.32. The summed E-state index contributed by atoms with van der Waals surface area (Å²) in [6.45, 7) is 0.560. The molecule has 5 heteroatoms. The van der Waals surface area contributed by atoms with Crippen molar-refractivity contribution in [2.24, 2.45) is 5.92 Å². The fourth-order valence-corrected chi connectivity index (χ4v) is 3.00. The molecule has 1 saturated carbocycles. The van der Waals surface area contributed by atoms with E-state index in [4.69, 9.17) is 4.74 Å². The van der Waals surface area contributed by atoms with Crippen LogP contribution in [0.1, 0.15) is 24.8 Å². The third-order valence-corrected chi connectivity index (χ3v) is 4.40. The van der Waals surface area contributed by atoms with Gasteiger partial charge in [-0.1, -0.05) is 18.2 Å². The number of ether oxygens (including phenoxy) is 1. The van der Waals surface area contributed by atoms with Crippen molar-refractivity contribution in [1.82, 2.24) is 15.3 Å². The predicted molar refractivity (Wildman–Crippen MR) is 85.9 cm³/mol. The molecule has 1 fully saturated rings. The molecule has 2 heterocycles. The van der Waals surface area contributed by atoms with Crippen molar-refractivity contribution in [3.63, 3.8) is 0 Å². The summed E-state index contributed by atoms with van der Waals surface area (Å²) >= 11 is 0. The van der Waals surface area contributed by atoms with Crippen LogP contribution in [0.3, 0.4) is 0 Å². The van der Waals surface area contributed by atoms with Crippen LogP contribution in [0.2, 0.25) is 0 Å². The van der Waals surface area contributed by atoms with Crippen LogP contribution in [0.25, 0.3) is 11.1 Å². The molecular formula is C18H19N3O2. The van der Waals surface area contributed by atoms with E-state index in [0.29, 0.717) is 18.9 Å². The van der Waals surface area contributed by atoms with Gasteiger partial charge >= 0.3 is 0 Å². The molecule has 1 aliphatic carbocycles. The molecule has 1 aromatic carbocycles. The van der Waals surface area contributed by atoms with Crippen LogP contribution < -0.4 is 10.1 Å². The lowest BCUT2D eigenvalue weighted by molar-refractivity contribution is -0.121. The minimum atomic E-state index is -0.000987. The molecule has 1 aliphatic heterocycles. The van der Waals surface area contributed by atoms with Gasteiger partial charge in [-0.05, 0) is 24.3 Å². The molecule has 1 aromatic heterocycles. The number of hydrogen-bond donors (Lipinski definition) is 1. The van der Waals surface area contributed by atoms with Crippen LogP contribution in [0.15, 0.2) is 36.9 Å². The summed E-state index contributed by atoms with van der Waals surface area (Å²) in [7, 11) is 0. The molecule has 0 saturated heterocycles. The van der Waals surface area contributed by atoms with E-state index in [9.17, 15) is 4.79 Å². The van der Waals surface area contributed by atoms with E-state index in [1.807, 2.05) is 12.1 Å². The van der Waals surface area contributed by atoms with Crippen molar-refractivity contribution in [2.75, 3.05) is 6.54 Å². The lowest BCUT2D eigenvalue weighted by Crippen LogP contribution is -2.34. The van der Waals surface area contributed by atoms with Crippen LogP contribution >= 0.6 is 0 Å². The molecule has 1 N–H and O–H groups in total. The number of rotatable bonds is 5. The van der Waals surface area contributed by atoms with Gasteiger partial charge in [0.15, 0.2) is 0 Å². The number of benzene rings is 1. The van der Waals surface area contributed by atoms with E-state index in [1.165, 1.54) is 24.7 Å². The second kappa shape index (κ2) is 5.99. The number of hydrogen-bond acceptors (Lipinski definition) is 4. The summed E-state index contributed by atoms with van der Waals surface area (Å²) in [4.78, 5) is 20.0. The highest BCUT2D eigenvalue weighted by molar-refractivity contribution is 5.76. The van der Waals surface area contributed by atoms with Crippen LogP contribution in [-0.4, -0.2) is 28.5 Å².